The van der Waals surface area contributed by atoms with E-state index in [9.17, 15) is 14.7 Å². The van der Waals surface area contributed by atoms with Crippen LogP contribution in [-0.2, 0) is 9.59 Å². The van der Waals surface area contributed by atoms with Gasteiger partial charge >= 0.3 is 0 Å². The number of nitrogens with one attached hydrogen (secondary N) is 1. The van der Waals surface area contributed by atoms with E-state index in [1.165, 1.54) is 31.3 Å². The molecule has 2 N–H and O–H groups in total. The van der Waals surface area contributed by atoms with E-state index >= 15 is 0 Å². The highest BCUT2D eigenvalue weighted by Gasteiger charge is 2.72. The van der Waals surface area contributed by atoms with Crippen LogP contribution in [0.25, 0.3) is 0 Å². The molecule has 0 unspecified atom stereocenters. The molecule has 0 radical (unpaired) electrons. The fraction of sp³-hybridized carbons (Fsp3) is 0.902. The molecule has 258 valence electrons. The standard InChI is InChI=1S/C41H66N2O3/c1-25(2)26-14-19-41(35(46)42-31-24-28(36(31,3)4)34(45)43-22-10-11-23-43)21-20-39(8)27(33(26)41)12-13-30-38(7)17-16-32(44)37(5,6)29(38)15-18-40(30,39)9/h26-33,44H,1,10-24H2,2-9H3,(H,42,46)/t26-,27+,28-,29-,30+,31-,32-,33+,38-,39+,40+,41-/m0/s1. The van der Waals surface area contributed by atoms with Crippen molar-refractivity contribution in [2.24, 2.45) is 68.0 Å². The lowest BCUT2D eigenvalue weighted by atomic mass is 9.32. The smallest absolute Gasteiger partial charge is 0.226 e. The summed E-state index contributed by atoms with van der Waals surface area (Å²) in [6.07, 6.45) is 14.0. The van der Waals surface area contributed by atoms with Crippen molar-refractivity contribution in [2.45, 2.75) is 151 Å². The van der Waals surface area contributed by atoms with Gasteiger partial charge in [0.2, 0.25) is 11.8 Å². The molecule has 7 fully saturated rings. The fourth-order valence-electron chi connectivity index (χ4n) is 14.6. The molecule has 0 aromatic heterocycles. The highest BCUT2D eigenvalue weighted by molar-refractivity contribution is 5.86. The van der Waals surface area contributed by atoms with Crippen molar-refractivity contribution in [1.29, 1.82) is 0 Å². The molecule has 6 aliphatic carbocycles. The number of nitrogens with zero attached hydrogens (tertiary/aromatic N) is 1. The molecule has 46 heavy (non-hydrogen) atoms. The third kappa shape index (κ3) is 4.20. The quantitative estimate of drug-likeness (QED) is 0.307. The molecular formula is C41H66N2O3. The number of rotatable bonds is 4. The van der Waals surface area contributed by atoms with E-state index in [-0.39, 0.29) is 50.6 Å². The van der Waals surface area contributed by atoms with E-state index < -0.39 is 0 Å². The first-order valence-corrected chi connectivity index (χ1v) is 19.4. The number of hydrogen-bond donors (Lipinski definition) is 2. The summed E-state index contributed by atoms with van der Waals surface area (Å²) in [6, 6.07) is 0.0669. The van der Waals surface area contributed by atoms with E-state index in [0.717, 1.165) is 70.9 Å². The SMILES string of the molecule is C=C(C)[C@@H]1CC[C@]2(C(=O)N[C@H]3C[C@@H](C(=O)N4CCCC4)C3(C)C)CC[C@]3(C)[C@H](CC[C@@H]4[C@@]5(C)CC[C@H](O)C(C)(C)[C@@H]5CC[C@]43C)[C@@H]12. The van der Waals surface area contributed by atoms with Crippen molar-refractivity contribution < 1.29 is 14.7 Å². The molecule has 5 heteroatoms. The molecule has 0 spiro atoms. The Morgan fingerprint density at radius 2 is 1.48 bits per heavy atom. The number of aliphatic hydroxyl groups excluding tert-OH is 1. The van der Waals surface area contributed by atoms with Crippen LogP contribution in [0.2, 0.25) is 0 Å². The monoisotopic (exact) mass is 635 g/mol. The number of carbonyl (C=O) groups excluding carboxylic acids is 2. The molecule has 7 aliphatic rings. The van der Waals surface area contributed by atoms with Gasteiger partial charge in [0, 0.05) is 25.0 Å². The fourth-order valence-corrected chi connectivity index (χ4v) is 14.6. The normalized spacial score (nSPS) is 50.3. The first-order chi connectivity index (χ1) is 21.4. The van der Waals surface area contributed by atoms with E-state index in [0.29, 0.717) is 41.4 Å². The van der Waals surface area contributed by atoms with E-state index in [1.54, 1.807) is 0 Å². The number of allylic oxidation sites excluding steroid dienone is 1. The molecule has 1 heterocycles. The van der Waals surface area contributed by atoms with Gasteiger partial charge in [-0.3, -0.25) is 9.59 Å². The minimum absolute atomic E-state index is 0.0168. The van der Waals surface area contributed by atoms with Crippen LogP contribution in [0.5, 0.6) is 0 Å². The van der Waals surface area contributed by atoms with Gasteiger partial charge in [-0.1, -0.05) is 60.6 Å². The number of aliphatic hydroxyl groups is 1. The molecule has 1 aliphatic heterocycles. The van der Waals surface area contributed by atoms with Gasteiger partial charge in [-0.05, 0) is 147 Å². The zero-order valence-electron chi connectivity index (χ0n) is 30.6. The molecule has 2 amide bonds. The second-order valence-corrected chi connectivity index (χ2v) is 19.9. The first kappa shape index (κ1) is 33.2. The first-order valence-electron chi connectivity index (χ1n) is 19.4. The van der Waals surface area contributed by atoms with Crippen molar-refractivity contribution in [3.8, 4) is 0 Å². The Hall–Kier alpha value is -1.36. The highest BCUT2D eigenvalue weighted by atomic mass is 16.3. The molecule has 0 aromatic carbocycles. The zero-order chi connectivity index (χ0) is 33.2. The number of fused-ring (bicyclic) bond motifs is 7. The Kier molecular flexibility index (Phi) is 7.62. The summed E-state index contributed by atoms with van der Waals surface area (Å²) in [5.41, 5.74) is 1.40. The van der Waals surface area contributed by atoms with E-state index in [4.69, 9.17) is 0 Å². The van der Waals surface area contributed by atoms with Gasteiger partial charge in [0.15, 0.2) is 0 Å². The zero-order valence-corrected chi connectivity index (χ0v) is 30.6. The van der Waals surface area contributed by atoms with Gasteiger partial charge in [-0.15, -0.1) is 0 Å². The van der Waals surface area contributed by atoms with Crippen molar-refractivity contribution in [2.75, 3.05) is 13.1 Å². The molecule has 0 aromatic rings. The Balaban J connectivity index is 1.16. The number of hydrogen-bond acceptors (Lipinski definition) is 3. The van der Waals surface area contributed by atoms with Gasteiger partial charge in [0.25, 0.3) is 0 Å². The largest absolute Gasteiger partial charge is 0.393 e. The van der Waals surface area contributed by atoms with Crippen LogP contribution in [0, 0.1) is 68.0 Å². The van der Waals surface area contributed by atoms with Crippen molar-refractivity contribution in [3.63, 3.8) is 0 Å². The topological polar surface area (TPSA) is 69.6 Å². The predicted molar refractivity (Wildman–Crippen MR) is 185 cm³/mol. The molecule has 6 saturated carbocycles. The minimum atomic E-state index is -0.324. The minimum Gasteiger partial charge on any atom is -0.393 e. The summed E-state index contributed by atoms with van der Waals surface area (Å²) in [6.45, 7) is 25.6. The van der Waals surface area contributed by atoms with Gasteiger partial charge in [0.1, 0.15) is 0 Å². The van der Waals surface area contributed by atoms with Gasteiger partial charge in [-0.2, -0.15) is 0 Å². The van der Waals surface area contributed by atoms with Crippen molar-refractivity contribution in [1.82, 2.24) is 10.2 Å². The van der Waals surface area contributed by atoms with Gasteiger partial charge in [-0.25, -0.2) is 0 Å². The maximum absolute atomic E-state index is 14.8. The van der Waals surface area contributed by atoms with Gasteiger partial charge in [0.05, 0.1) is 11.5 Å². The summed E-state index contributed by atoms with van der Waals surface area (Å²) in [4.78, 5) is 30.2. The summed E-state index contributed by atoms with van der Waals surface area (Å²) >= 11 is 0. The van der Waals surface area contributed by atoms with Crippen LogP contribution in [0.15, 0.2) is 12.2 Å². The lowest BCUT2D eigenvalue weighted by Crippen LogP contribution is -2.68. The summed E-state index contributed by atoms with van der Waals surface area (Å²) in [5, 5.41) is 14.7. The number of carbonyl (C=O) groups is 2. The molecule has 0 bridgehead atoms. The second-order valence-electron chi connectivity index (χ2n) is 19.9. The molecular weight excluding hydrogens is 568 g/mol. The van der Waals surface area contributed by atoms with Gasteiger partial charge < -0.3 is 15.3 Å². The average molecular weight is 635 g/mol. The Labute approximate surface area is 280 Å². The maximum Gasteiger partial charge on any atom is 0.226 e. The van der Waals surface area contributed by atoms with Crippen molar-refractivity contribution >= 4 is 11.8 Å². The van der Waals surface area contributed by atoms with Crippen LogP contribution < -0.4 is 5.32 Å². The second kappa shape index (κ2) is 10.6. The number of likely N-dealkylation sites (tertiary alicyclic amines) is 1. The van der Waals surface area contributed by atoms with Crippen LogP contribution >= 0.6 is 0 Å². The third-order valence-corrected chi connectivity index (χ3v) is 17.8. The Morgan fingerprint density at radius 3 is 2.13 bits per heavy atom. The Morgan fingerprint density at radius 1 is 0.783 bits per heavy atom. The molecule has 12 atom stereocenters. The van der Waals surface area contributed by atoms with Crippen LogP contribution in [0.1, 0.15) is 139 Å². The number of amides is 2. The summed E-state index contributed by atoms with van der Waals surface area (Å²) in [5.74, 6) is 3.13. The summed E-state index contributed by atoms with van der Waals surface area (Å²) < 4.78 is 0. The maximum atomic E-state index is 14.8. The van der Waals surface area contributed by atoms with E-state index in [2.05, 4.69) is 72.2 Å². The Bertz CT molecular complexity index is 1280. The predicted octanol–water partition coefficient (Wildman–Crippen LogP) is 8.16. The van der Waals surface area contributed by atoms with Crippen LogP contribution in [0.4, 0.5) is 0 Å². The van der Waals surface area contributed by atoms with Crippen LogP contribution in [-0.4, -0.2) is 47.1 Å². The average Bonchev–Trinajstić information content (AvgIpc) is 3.67. The lowest BCUT2D eigenvalue weighted by molar-refractivity contribution is -0.246. The third-order valence-electron chi connectivity index (χ3n) is 17.8. The van der Waals surface area contributed by atoms with E-state index in [1.807, 2.05) is 0 Å². The van der Waals surface area contributed by atoms with Crippen LogP contribution in [0.3, 0.4) is 0 Å². The highest BCUT2D eigenvalue weighted by Crippen LogP contribution is 2.77. The molecule has 5 nitrogen and oxygen atoms in total. The summed E-state index contributed by atoms with van der Waals surface area (Å²) in [7, 11) is 0. The lowest BCUT2D eigenvalue weighted by Gasteiger charge is -2.72. The molecule has 1 saturated heterocycles. The van der Waals surface area contributed by atoms with Crippen molar-refractivity contribution in [3.05, 3.63) is 12.2 Å². The molecule has 7 rings (SSSR count).